The van der Waals surface area contributed by atoms with Crippen molar-refractivity contribution in [3.63, 3.8) is 0 Å². The Kier molecular flexibility index (Phi) is 2.96. The zero-order valence-corrected chi connectivity index (χ0v) is 7.57. The summed E-state index contributed by atoms with van der Waals surface area (Å²) in [6.45, 7) is 1.83. The Morgan fingerprint density at radius 1 is 1.15 bits per heavy atom. The van der Waals surface area contributed by atoms with Gasteiger partial charge in [0.25, 0.3) is 0 Å². The molecule has 0 heterocycles. The molecule has 68 valence electrons. The Morgan fingerprint density at radius 2 is 1.69 bits per heavy atom. The third-order valence-electron chi connectivity index (χ3n) is 2.32. The first-order valence-electron chi connectivity index (χ1n) is 4.27. The molecule has 13 heavy (non-hydrogen) atoms. The van der Waals surface area contributed by atoms with Gasteiger partial charge in [0.15, 0.2) is 0 Å². The predicted octanol–water partition coefficient (Wildman–Crippen LogP) is 1.73. The first kappa shape index (κ1) is 9.65. The van der Waals surface area contributed by atoms with Gasteiger partial charge in [-0.3, -0.25) is 0 Å². The Hall–Kier alpha value is -1.44. The summed E-state index contributed by atoms with van der Waals surface area (Å²) < 4.78 is 0. The molecular weight excluding hydrogens is 164 g/mol. The van der Waals surface area contributed by atoms with E-state index in [0.29, 0.717) is 6.42 Å². The minimum absolute atomic E-state index is 0.504. The first-order chi connectivity index (χ1) is 6.29. The zero-order chi connectivity index (χ0) is 9.73. The number of benzene rings is 1. The van der Waals surface area contributed by atoms with Gasteiger partial charge in [-0.05, 0) is 12.0 Å². The van der Waals surface area contributed by atoms with Gasteiger partial charge in [-0.2, -0.15) is 0 Å². The molecule has 1 aromatic carbocycles. The number of carbonyl (C=O) groups excluding carboxylic acids is 2. The number of hydrogen-bond acceptors (Lipinski definition) is 2. The number of rotatable bonds is 4. The van der Waals surface area contributed by atoms with E-state index < -0.39 is 5.41 Å². The van der Waals surface area contributed by atoms with Crippen LogP contribution in [0.2, 0.25) is 0 Å². The Balaban J connectivity index is 3.15. The fourth-order valence-corrected chi connectivity index (χ4v) is 1.28. The van der Waals surface area contributed by atoms with Crippen LogP contribution < -0.4 is 0 Å². The predicted molar refractivity (Wildman–Crippen MR) is 50.5 cm³/mol. The molecule has 0 saturated carbocycles. The highest BCUT2D eigenvalue weighted by molar-refractivity contribution is 5.91. The second kappa shape index (κ2) is 3.99. The normalized spacial score (nSPS) is 10.8. The van der Waals surface area contributed by atoms with E-state index in [1.165, 1.54) is 0 Å². The van der Waals surface area contributed by atoms with Crippen molar-refractivity contribution in [2.75, 3.05) is 0 Å². The highest BCUT2D eigenvalue weighted by atomic mass is 16.1. The Bertz CT molecular complexity index is 282. The smallest absolute Gasteiger partial charge is 0.137 e. The fraction of sp³-hybridized carbons (Fsp3) is 0.273. The third kappa shape index (κ3) is 1.66. The lowest BCUT2D eigenvalue weighted by molar-refractivity contribution is -0.121. The van der Waals surface area contributed by atoms with Gasteiger partial charge < -0.3 is 9.59 Å². The summed E-state index contributed by atoms with van der Waals surface area (Å²) in [6.07, 6.45) is 1.94. The molecule has 0 aliphatic carbocycles. The molecule has 0 aliphatic rings. The monoisotopic (exact) mass is 176 g/mol. The summed E-state index contributed by atoms with van der Waals surface area (Å²) in [5, 5.41) is 0. The molecule has 0 aliphatic heterocycles. The van der Waals surface area contributed by atoms with Crippen LogP contribution in [0.5, 0.6) is 0 Å². The lowest BCUT2D eigenvalue weighted by atomic mass is 9.81. The molecule has 0 saturated heterocycles. The Morgan fingerprint density at radius 3 is 2.08 bits per heavy atom. The van der Waals surface area contributed by atoms with Crippen LogP contribution in [0.4, 0.5) is 0 Å². The Labute approximate surface area is 77.6 Å². The van der Waals surface area contributed by atoms with Crippen molar-refractivity contribution < 1.29 is 9.59 Å². The second-order valence-corrected chi connectivity index (χ2v) is 3.00. The van der Waals surface area contributed by atoms with E-state index in [0.717, 1.165) is 18.1 Å². The molecule has 0 N–H and O–H groups in total. The van der Waals surface area contributed by atoms with Gasteiger partial charge in [0, 0.05) is 0 Å². The van der Waals surface area contributed by atoms with Gasteiger partial charge in [-0.25, -0.2) is 0 Å². The minimum Gasteiger partial charge on any atom is -0.302 e. The van der Waals surface area contributed by atoms with E-state index in [1.54, 1.807) is 12.1 Å². The second-order valence-electron chi connectivity index (χ2n) is 3.00. The summed E-state index contributed by atoms with van der Waals surface area (Å²) in [6, 6.07) is 9.11. The molecule has 1 rings (SSSR count). The van der Waals surface area contributed by atoms with Crippen molar-refractivity contribution in [2.45, 2.75) is 18.8 Å². The maximum absolute atomic E-state index is 10.9. The van der Waals surface area contributed by atoms with Crippen molar-refractivity contribution in [3.05, 3.63) is 35.9 Å². The molecule has 0 spiro atoms. The molecule has 0 fully saturated rings. The summed E-state index contributed by atoms with van der Waals surface area (Å²) in [5.74, 6) is 0. The van der Waals surface area contributed by atoms with Crippen molar-refractivity contribution in [1.29, 1.82) is 0 Å². The van der Waals surface area contributed by atoms with Crippen LogP contribution >= 0.6 is 0 Å². The van der Waals surface area contributed by atoms with Crippen molar-refractivity contribution in [1.82, 2.24) is 0 Å². The molecule has 0 amide bonds. The van der Waals surface area contributed by atoms with E-state index in [4.69, 9.17) is 0 Å². The molecule has 0 radical (unpaired) electrons. The molecule has 0 bridgehead atoms. The highest BCUT2D eigenvalue weighted by Gasteiger charge is 2.28. The first-order valence-corrected chi connectivity index (χ1v) is 4.27. The van der Waals surface area contributed by atoms with Gasteiger partial charge in [-0.15, -0.1) is 0 Å². The SMILES string of the molecule is CCC(C=O)(C=O)c1ccccc1. The molecule has 2 heteroatoms. The topological polar surface area (TPSA) is 34.1 Å². The maximum Gasteiger partial charge on any atom is 0.137 e. The van der Waals surface area contributed by atoms with E-state index in [9.17, 15) is 9.59 Å². The van der Waals surface area contributed by atoms with Crippen LogP contribution in [0.1, 0.15) is 18.9 Å². The fourth-order valence-electron chi connectivity index (χ4n) is 1.28. The van der Waals surface area contributed by atoms with Gasteiger partial charge >= 0.3 is 0 Å². The molecule has 1 aromatic rings. The summed E-state index contributed by atoms with van der Waals surface area (Å²) in [5.41, 5.74) is -0.177. The molecule has 0 aromatic heterocycles. The number of hydrogen-bond donors (Lipinski definition) is 0. The van der Waals surface area contributed by atoms with E-state index in [-0.39, 0.29) is 0 Å². The summed E-state index contributed by atoms with van der Waals surface area (Å²) in [4.78, 5) is 21.7. The van der Waals surface area contributed by atoms with Crippen molar-refractivity contribution in [2.24, 2.45) is 0 Å². The largest absolute Gasteiger partial charge is 0.302 e. The van der Waals surface area contributed by atoms with Crippen LogP contribution in [0.3, 0.4) is 0 Å². The lowest BCUT2D eigenvalue weighted by Crippen LogP contribution is -2.28. The summed E-state index contributed by atoms with van der Waals surface area (Å²) >= 11 is 0. The number of carbonyl (C=O) groups is 2. The van der Waals surface area contributed by atoms with Crippen LogP contribution in [0.15, 0.2) is 30.3 Å². The van der Waals surface area contributed by atoms with Crippen LogP contribution in [0.25, 0.3) is 0 Å². The van der Waals surface area contributed by atoms with Crippen LogP contribution in [-0.4, -0.2) is 12.6 Å². The average Bonchev–Trinajstić information content (AvgIpc) is 2.23. The van der Waals surface area contributed by atoms with Crippen LogP contribution in [-0.2, 0) is 15.0 Å². The van der Waals surface area contributed by atoms with Gasteiger partial charge in [0.2, 0.25) is 0 Å². The quantitative estimate of drug-likeness (QED) is 0.517. The van der Waals surface area contributed by atoms with E-state index in [2.05, 4.69) is 0 Å². The molecule has 0 atom stereocenters. The highest BCUT2D eigenvalue weighted by Crippen LogP contribution is 2.22. The molecular formula is C11H12O2. The maximum atomic E-state index is 10.9. The minimum atomic E-state index is -0.943. The van der Waals surface area contributed by atoms with Crippen LogP contribution in [0, 0.1) is 0 Å². The van der Waals surface area contributed by atoms with Crippen molar-refractivity contribution in [3.8, 4) is 0 Å². The molecule has 2 nitrogen and oxygen atoms in total. The lowest BCUT2D eigenvalue weighted by Gasteiger charge is -2.19. The summed E-state index contributed by atoms with van der Waals surface area (Å²) in [7, 11) is 0. The van der Waals surface area contributed by atoms with E-state index in [1.807, 2.05) is 25.1 Å². The van der Waals surface area contributed by atoms with Gasteiger partial charge in [0.05, 0.1) is 0 Å². The molecule has 0 unspecified atom stereocenters. The number of aldehydes is 2. The van der Waals surface area contributed by atoms with E-state index >= 15 is 0 Å². The third-order valence-corrected chi connectivity index (χ3v) is 2.32. The standard InChI is InChI=1S/C11H12O2/c1-2-11(8-12,9-13)10-6-4-3-5-7-10/h3-9H,2H2,1H3. The van der Waals surface area contributed by atoms with Crippen molar-refractivity contribution >= 4 is 12.6 Å². The average molecular weight is 176 g/mol. The zero-order valence-electron chi connectivity index (χ0n) is 7.57. The van der Waals surface area contributed by atoms with Gasteiger partial charge in [-0.1, -0.05) is 37.3 Å². The van der Waals surface area contributed by atoms with Gasteiger partial charge in [0.1, 0.15) is 18.0 Å².